The van der Waals surface area contributed by atoms with Crippen LogP contribution in [0.3, 0.4) is 0 Å². The molecule has 2 heterocycles. The number of nitrogens with zero attached hydrogens (tertiary/aromatic N) is 3. The first-order valence-electron chi connectivity index (χ1n) is 12.6. The minimum Gasteiger partial charge on any atom is -0.470 e. The first-order chi connectivity index (χ1) is 19.0. The molecule has 1 saturated heterocycles. The lowest BCUT2D eigenvalue weighted by atomic mass is 10.1. The van der Waals surface area contributed by atoms with Gasteiger partial charge in [-0.1, -0.05) is 24.3 Å². The van der Waals surface area contributed by atoms with Crippen molar-refractivity contribution in [3.05, 3.63) is 65.2 Å². The van der Waals surface area contributed by atoms with Crippen LogP contribution in [0.2, 0.25) is 0 Å². The zero-order valence-electron chi connectivity index (χ0n) is 22.3. The standard InChI is InChI=1S/C27H31F4N5O4/c1-17-24(33-26(37)32-14-19-13-18(16-38-3)9-10-22(19)40-27(29,30)31)36(20-7-5-4-6-8-20)34-25(17)39-23-11-12-35(2)15-21(23)28/h4-10,13,21,23H,11-12,14-16H2,1-3H3,(H2,32,33,37)/t21-,23-/m1/s1. The Morgan fingerprint density at radius 2 is 1.93 bits per heavy atom. The smallest absolute Gasteiger partial charge is 0.470 e. The van der Waals surface area contributed by atoms with E-state index in [4.69, 9.17) is 9.47 Å². The summed E-state index contributed by atoms with van der Waals surface area (Å²) in [6, 6.07) is 12.3. The predicted octanol–water partition coefficient (Wildman–Crippen LogP) is 4.97. The second-order valence-corrected chi connectivity index (χ2v) is 9.48. The maximum atomic E-state index is 14.7. The van der Waals surface area contributed by atoms with Crippen LogP contribution in [-0.2, 0) is 17.9 Å². The largest absolute Gasteiger partial charge is 0.573 e. The summed E-state index contributed by atoms with van der Waals surface area (Å²) in [6.07, 6.45) is -6.32. The topological polar surface area (TPSA) is 89.9 Å². The molecule has 9 nitrogen and oxygen atoms in total. The Morgan fingerprint density at radius 1 is 1.18 bits per heavy atom. The van der Waals surface area contributed by atoms with Crippen LogP contribution in [0, 0.1) is 6.92 Å². The highest BCUT2D eigenvalue weighted by molar-refractivity contribution is 5.89. The third-order valence-corrected chi connectivity index (χ3v) is 6.36. The molecule has 0 spiro atoms. The van der Waals surface area contributed by atoms with Gasteiger partial charge in [0, 0.05) is 32.3 Å². The van der Waals surface area contributed by atoms with Crippen molar-refractivity contribution in [3.63, 3.8) is 0 Å². The van der Waals surface area contributed by atoms with E-state index in [0.29, 0.717) is 29.8 Å². The number of likely N-dealkylation sites (tertiary alicyclic amines) is 1. The molecule has 2 aromatic carbocycles. The number of ether oxygens (including phenoxy) is 3. The van der Waals surface area contributed by atoms with E-state index in [0.717, 1.165) is 0 Å². The molecule has 1 aromatic heterocycles. The third-order valence-electron chi connectivity index (χ3n) is 6.36. The average molecular weight is 566 g/mol. The first-order valence-corrected chi connectivity index (χ1v) is 12.6. The molecule has 13 heteroatoms. The number of hydrogen-bond donors (Lipinski definition) is 2. The maximum absolute atomic E-state index is 14.7. The van der Waals surface area contributed by atoms with Gasteiger partial charge in [0.25, 0.3) is 0 Å². The number of halogens is 4. The molecule has 2 amide bonds. The summed E-state index contributed by atoms with van der Waals surface area (Å²) < 4.78 is 70.0. The van der Waals surface area contributed by atoms with Crippen molar-refractivity contribution >= 4 is 11.8 Å². The van der Waals surface area contributed by atoms with E-state index in [9.17, 15) is 22.4 Å². The van der Waals surface area contributed by atoms with Gasteiger partial charge in [0.1, 0.15) is 23.8 Å². The second-order valence-electron chi connectivity index (χ2n) is 9.48. The SMILES string of the molecule is COCc1ccc(OC(F)(F)F)c(CNC(=O)Nc2c(C)c(O[C@@H]3CCN(C)C[C@H]3F)nn2-c2ccccc2)c1. The van der Waals surface area contributed by atoms with Crippen LogP contribution in [0.1, 0.15) is 23.1 Å². The molecule has 2 N–H and O–H groups in total. The summed E-state index contributed by atoms with van der Waals surface area (Å²) in [4.78, 5) is 14.8. The highest BCUT2D eigenvalue weighted by Gasteiger charge is 2.33. The molecule has 4 rings (SSSR count). The lowest BCUT2D eigenvalue weighted by Gasteiger charge is -2.31. The molecule has 0 bridgehead atoms. The molecule has 1 aliphatic rings. The molecule has 0 saturated carbocycles. The van der Waals surface area contributed by atoms with Crippen molar-refractivity contribution in [3.8, 4) is 17.3 Å². The van der Waals surface area contributed by atoms with Crippen molar-refractivity contribution in [2.24, 2.45) is 0 Å². The summed E-state index contributed by atoms with van der Waals surface area (Å²) in [7, 11) is 3.30. The van der Waals surface area contributed by atoms with Crippen molar-refractivity contribution in [2.75, 3.05) is 32.6 Å². The van der Waals surface area contributed by atoms with Gasteiger partial charge in [-0.2, -0.15) is 0 Å². The summed E-state index contributed by atoms with van der Waals surface area (Å²) in [5.41, 5.74) is 1.79. The number of urea groups is 1. The fraction of sp³-hybridized carbons (Fsp3) is 0.407. The number of piperidine rings is 1. The number of para-hydroxylation sites is 1. The molecule has 2 atom stereocenters. The summed E-state index contributed by atoms with van der Waals surface area (Å²) in [5, 5.41) is 9.78. The Labute approximate surface area is 229 Å². The van der Waals surface area contributed by atoms with Crippen LogP contribution < -0.4 is 20.1 Å². The lowest BCUT2D eigenvalue weighted by molar-refractivity contribution is -0.274. The van der Waals surface area contributed by atoms with Crippen molar-refractivity contribution in [1.29, 1.82) is 0 Å². The number of alkyl halides is 4. The molecule has 0 unspecified atom stereocenters. The third kappa shape index (κ3) is 7.42. The lowest BCUT2D eigenvalue weighted by Crippen LogP contribution is -2.45. The molecule has 0 aliphatic carbocycles. The van der Waals surface area contributed by atoms with Crippen molar-refractivity contribution in [1.82, 2.24) is 20.0 Å². The Hall–Kier alpha value is -3.84. The van der Waals surface area contributed by atoms with Crippen LogP contribution in [0.15, 0.2) is 48.5 Å². The van der Waals surface area contributed by atoms with Crippen LogP contribution in [0.25, 0.3) is 5.69 Å². The number of anilines is 1. The van der Waals surface area contributed by atoms with Crippen molar-refractivity contribution in [2.45, 2.75) is 45.1 Å². The molecule has 0 radical (unpaired) electrons. The number of hydrogen-bond acceptors (Lipinski definition) is 6. The number of rotatable bonds is 9. The fourth-order valence-corrected chi connectivity index (χ4v) is 4.38. The van der Waals surface area contributed by atoms with Crippen LogP contribution in [-0.4, -0.2) is 66.6 Å². The number of carbonyl (C=O) groups is 1. The van der Waals surface area contributed by atoms with E-state index in [1.165, 1.54) is 30.0 Å². The Morgan fingerprint density at radius 3 is 2.60 bits per heavy atom. The summed E-state index contributed by atoms with van der Waals surface area (Å²) >= 11 is 0. The Balaban J connectivity index is 1.55. The van der Waals surface area contributed by atoms with Crippen molar-refractivity contribution < 1.29 is 36.6 Å². The van der Waals surface area contributed by atoms with Crippen LogP contribution in [0.5, 0.6) is 11.6 Å². The molecular weight excluding hydrogens is 534 g/mol. The molecule has 40 heavy (non-hydrogen) atoms. The van der Waals surface area contributed by atoms with E-state index < -0.39 is 30.4 Å². The quantitative estimate of drug-likeness (QED) is 0.357. The van der Waals surface area contributed by atoms with E-state index in [1.807, 2.05) is 18.0 Å². The van der Waals surface area contributed by atoms with E-state index in [1.54, 1.807) is 31.2 Å². The highest BCUT2D eigenvalue weighted by Crippen LogP contribution is 2.31. The van der Waals surface area contributed by atoms with Gasteiger partial charge in [0.05, 0.1) is 17.9 Å². The molecule has 216 valence electrons. The van der Waals surface area contributed by atoms with E-state index in [2.05, 4.69) is 20.5 Å². The minimum atomic E-state index is -4.90. The molecule has 3 aromatic rings. The van der Waals surface area contributed by atoms with Gasteiger partial charge in [0.15, 0.2) is 0 Å². The summed E-state index contributed by atoms with van der Waals surface area (Å²) in [5.74, 6) is -0.000767. The molecule has 1 aliphatic heterocycles. The van der Waals surface area contributed by atoms with Gasteiger partial charge in [0.2, 0.25) is 5.88 Å². The molecular formula is C27H31F4N5O4. The summed E-state index contributed by atoms with van der Waals surface area (Å²) in [6.45, 7) is 2.49. The number of aromatic nitrogens is 2. The number of methoxy groups -OCH3 is 1. The van der Waals surface area contributed by atoms with Crippen LogP contribution in [0.4, 0.5) is 28.2 Å². The number of benzene rings is 2. The predicted molar refractivity (Wildman–Crippen MR) is 139 cm³/mol. The highest BCUT2D eigenvalue weighted by atomic mass is 19.4. The van der Waals surface area contributed by atoms with Crippen LogP contribution >= 0.6 is 0 Å². The first kappa shape index (κ1) is 29.2. The number of carbonyl (C=O) groups excluding carboxylic acids is 1. The Bertz CT molecular complexity index is 1300. The van der Waals surface area contributed by atoms with E-state index in [-0.39, 0.29) is 37.0 Å². The average Bonchev–Trinajstić information content (AvgIpc) is 3.20. The monoisotopic (exact) mass is 565 g/mol. The maximum Gasteiger partial charge on any atom is 0.573 e. The molecule has 1 fully saturated rings. The number of amides is 2. The van der Waals surface area contributed by atoms with Gasteiger partial charge in [-0.3, -0.25) is 5.32 Å². The van der Waals surface area contributed by atoms with Gasteiger partial charge in [-0.25, -0.2) is 13.9 Å². The Kier molecular flexibility index (Phi) is 9.15. The normalized spacial score (nSPS) is 17.9. The van der Waals surface area contributed by atoms with E-state index >= 15 is 0 Å². The minimum absolute atomic E-state index is 0.107. The zero-order chi connectivity index (χ0) is 28.9. The van der Waals surface area contributed by atoms with Gasteiger partial charge in [-0.15, -0.1) is 18.3 Å². The second kappa shape index (κ2) is 12.6. The number of nitrogens with one attached hydrogen (secondary N) is 2. The van der Waals surface area contributed by atoms with Gasteiger partial charge in [-0.05, 0) is 50.2 Å². The zero-order valence-corrected chi connectivity index (χ0v) is 22.3. The van der Waals surface area contributed by atoms with Gasteiger partial charge < -0.3 is 24.4 Å². The fourth-order valence-electron chi connectivity index (χ4n) is 4.38. The van der Waals surface area contributed by atoms with Gasteiger partial charge >= 0.3 is 12.4 Å².